The van der Waals surface area contributed by atoms with Crippen molar-refractivity contribution in [2.45, 2.75) is 38.5 Å². The molecule has 0 amide bonds. The third-order valence-electron chi connectivity index (χ3n) is 4.20. The van der Waals surface area contributed by atoms with Gasteiger partial charge in [-0.3, -0.25) is 0 Å². The van der Waals surface area contributed by atoms with Crippen LogP contribution < -0.4 is 11.3 Å². The molecule has 6 nitrogen and oxygen atoms in total. The zero-order valence-electron chi connectivity index (χ0n) is 12.8. The van der Waals surface area contributed by atoms with Gasteiger partial charge in [0, 0.05) is 19.3 Å². The number of anilines is 1. The van der Waals surface area contributed by atoms with Gasteiger partial charge in [0.1, 0.15) is 4.90 Å². The number of nitrogens with zero attached hydrogens (tertiary/aromatic N) is 2. The third kappa shape index (κ3) is 3.36. The molecule has 2 rings (SSSR count). The first-order valence-corrected chi connectivity index (χ1v) is 8.62. The van der Waals surface area contributed by atoms with E-state index >= 15 is 0 Å². The quantitative estimate of drug-likeness (QED) is 0.656. The molecule has 2 heterocycles. The zero-order valence-corrected chi connectivity index (χ0v) is 13.7. The lowest BCUT2D eigenvalue weighted by Crippen LogP contribution is -2.41. The molecule has 1 aliphatic heterocycles. The number of piperidine rings is 1. The van der Waals surface area contributed by atoms with E-state index in [1.54, 1.807) is 6.07 Å². The lowest BCUT2D eigenvalue weighted by atomic mass is 9.76. The Balaban J connectivity index is 2.19. The molecule has 21 heavy (non-hydrogen) atoms. The summed E-state index contributed by atoms with van der Waals surface area (Å²) in [5.41, 5.74) is 2.57. The highest BCUT2D eigenvalue weighted by atomic mass is 32.2. The van der Waals surface area contributed by atoms with Crippen LogP contribution in [0.4, 0.5) is 5.82 Å². The fraction of sp³-hybridized carbons (Fsp3) is 0.643. The van der Waals surface area contributed by atoms with Gasteiger partial charge in [0.15, 0.2) is 5.82 Å². The monoisotopic (exact) mass is 312 g/mol. The fourth-order valence-electron chi connectivity index (χ4n) is 2.81. The van der Waals surface area contributed by atoms with E-state index in [1.165, 1.54) is 16.6 Å². The van der Waals surface area contributed by atoms with E-state index in [0.717, 1.165) is 12.8 Å². The lowest BCUT2D eigenvalue weighted by Gasteiger charge is -2.38. The minimum Gasteiger partial charge on any atom is -0.307 e. The maximum atomic E-state index is 12.7. The van der Waals surface area contributed by atoms with Gasteiger partial charge in [0.2, 0.25) is 10.0 Å². The number of pyridine rings is 1. The second-order valence-electron chi connectivity index (χ2n) is 6.54. The molecule has 7 heteroatoms. The molecule has 0 aliphatic carbocycles. The summed E-state index contributed by atoms with van der Waals surface area (Å²) >= 11 is 0. The smallest absolute Gasteiger partial charge is 0.246 e. The van der Waals surface area contributed by atoms with E-state index in [4.69, 9.17) is 5.84 Å². The fourth-order valence-corrected chi connectivity index (χ4v) is 4.38. The molecule has 0 spiro atoms. The van der Waals surface area contributed by atoms with Gasteiger partial charge >= 0.3 is 0 Å². The van der Waals surface area contributed by atoms with Crippen LogP contribution in [0.25, 0.3) is 0 Å². The Morgan fingerprint density at radius 2 is 1.95 bits per heavy atom. The molecule has 1 aromatic rings. The predicted molar refractivity (Wildman–Crippen MR) is 83.0 cm³/mol. The Bertz CT molecular complexity index is 587. The first-order valence-electron chi connectivity index (χ1n) is 7.18. The first-order chi connectivity index (χ1) is 9.76. The van der Waals surface area contributed by atoms with Crippen LogP contribution >= 0.6 is 0 Å². The Kier molecular flexibility index (Phi) is 4.55. The number of hydrazine groups is 1. The first kappa shape index (κ1) is 16.2. The van der Waals surface area contributed by atoms with Crippen LogP contribution in [0.5, 0.6) is 0 Å². The van der Waals surface area contributed by atoms with Crippen LogP contribution in [0.3, 0.4) is 0 Å². The van der Waals surface area contributed by atoms with Crippen molar-refractivity contribution in [3.05, 3.63) is 18.3 Å². The summed E-state index contributed by atoms with van der Waals surface area (Å²) in [7, 11) is -3.55. The average Bonchev–Trinajstić information content (AvgIpc) is 2.46. The SMILES string of the molecule is CC(C)(C)C1CCN(S(=O)(=O)c2cccnc2NN)CC1. The summed E-state index contributed by atoms with van der Waals surface area (Å²) in [6.45, 7) is 7.71. The van der Waals surface area contributed by atoms with E-state index in [0.29, 0.717) is 19.0 Å². The molecule has 1 fully saturated rings. The molecule has 1 aliphatic rings. The van der Waals surface area contributed by atoms with Gasteiger partial charge in [-0.25, -0.2) is 19.2 Å². The minimum atomic E-state index is -3.55. The molecule has 118 valence electrons. The predicted octanol–water partition coefficient (Wildman–Crippen LogP) is 1.81. The van der Waals surface area contributed by atoms with Crippen molar-refractivity contribution in [2.24, 2.45) is 17.2 Å². The third-order valence-corrected chi connectivity index (χ3v) is 6.13. The number of aromatic nitrogens is 1. The normalized spacial score (nSPS) is 18.7. The second kappa shape index (κ2) is 5.90. The molecule has 0 unspecified atom stereocenters. The standard InChI is InChI=1S/C14H24N4O2S/c1-14(2,3)11-6-9-18(10-7-11)21(19,20)12-5-4-8-16-13(12)17-15/h4-5,8,11H,6-7,9-10,15H2,1-3H3,(H,16,17). The molecule has 1 saturated heterocycles. The van der Waals surface area contributed by atoms with Crippen molar-refractivity contribution < 1.29 is 8.42 Å². The molecular formula is C14H24N4O2S. The summed E-state index contributed by atoms with van der Waals surface area (Å²) in [4.78, 5) is 4.11. The number of hydrogen-bond acceptors (Lipinski definition) is 5. The van der Waals surface area contributed by atoms with E-state index in [-0.39, 0.29) is 16.1 Å². The maximum Gasteiger partial charge on any atom is 0.246 e. The highest BCUT2D eigenvalue weighted by Gasteiger charge is 2.34. The maximum absolute atomic E-state index is 12.7. The van der Waals surface area contributed by atoms with Crippen molar-refractivity contribution in [3.8, 4) is 0 Å². The van der Waals surface area contributed by atoms with Gasteiger partial charge in [-0.1, -0.05) is 20.8 Å². The van der Waals surface area contributed by atoms with Crippen molar-refractivity contribution >= 4 is 15.8 Å². The van der Waals surface area contributed by atoms with Crippen molar-refractivity contribution in [3.63, 3.8) is 0 Å². The van der Waals surface area contributed by atoms with E-state index in [1.807, 2.05) is 0 Å². The second-order valence-corrected chi connectivity index (χ2v) is 8.45. The molecule has 0 atom stereocenters. The molecule has 0 radical (unpaired) electrons. The molecule has 0 aromatic carbocycles. The van der Waals surface area contributed by atoms with Crippen LogP contribution in [0.2, 0.25) is 0 Å². The van der Waals surface area contributed by atoms with Crippen molar-refractivity contribution in [1.29, 1.82) is 0 Å². The molecule has 3 N–H and O–H groups in total. The largest absolute Gasteiger partial charge is 0.307 e. The van der Waals surface area contributed by atoms with E-state index < -0.39 is 10.0 Å². The summed E-state index contributed by atoms with van der Waals surface area (Å²) in [6, 6.07) is 3.14. The van der Waals surface area contributed by atoms with Crippen molar-refractivity contribution in [1.82, 2.24) is 9.29 Å². The van der Waals surface area contributed by atoms with Gasteiger partial charge in [-0.05, 0) is 36.3 Å². The number of nitrogens with two attached hydrogens (primary N) is 1. The lowest BCUT2D eigenvalue weighted by molar-refractivity contribution is 0.154. The number of nitrogen functional groups attached to an aromatic ring is 1. The van der Waals surface area contributed by atoms with Gasteiger partial charge in [0.25, 0.3) is 0 Å². The zero-order chi connectivity index (χ0) is 15.7. The molecule has 0 bridgehead atoms. The summed E-state index contributed by atoms with van der Waals surface area (Å²) < 4.78 is 27.0. The number of sulfonamides is 1. The van der Waals surface area contributed by atoms with E-state index in [9.17, 15) is 8.42 Å². The molecule has 1 aromatic heterocycles. The van der Waals surface area contributed by atoms with Crippen LogP contribution in [0.1, 0.15) is 33.6 Å². The molecular weight excluding hydrogens is 288 g/mol. The average molecular weight is 312 g/mol. The van der Waals surface area contributed by atoms with Crippen LogP contribution in [0, 0.1) is 11.3 Å². The Morgan fingerprint density at radius 1 is 1.33 bits per heavy atom. The minimum absolute atomic E-state index is 0.140. The Hall–Kier alpha value is -1.18. The highest BCUT2D eigenvalue weighted by Crippen LogP contribution is 2.36. The number of rotatable bonds is 3. The summed E-state index contributed by atoms with van der Waals surface area (Å²) in [5.74, 6) is 6.10. The number of hydrogen-bond donors (Lipinski definition) is 2. The van der Waals surface area contributed by atoms with Crippen LogP contribution in [0.15, 0.2) is 23.2 Å². The highest BCUT2D eigenvalue weighted by molar-refractivity contribution is 7.89. The van der Waals surface area contributed by atoms with Crippen molar-refractivity contribution in [2.75, 3.05) is 18.5 Å². The van der Waals surface area contributed by atoms with Crippen LogP contribution in [-0.4, -0.2) is 30.8 Å². The number of nitrogens with one attached hydrogen (secondary N) is 1. The Morgan fingerprint density at radius 3 is 2.48 bits per heavy atom. The van der Waals surface area contributed by atoms with Gasteiger partial charge in [-0.2, -0.15) is 4.31 Å². The Labute approximate surface area is 126 Å². The van der Waals surface area contributed by atoms with E-state index in [2.05, 4.69) is 31.2 Å². The summed E-state index contributed by atoms with van der Waals surface area (Å²) in [6.07, 6.45) is 3.28. The topological polar surface area (TPSA) is 88.3 Å². The van der Waals surface area contributed by atoms with Gasteiger partial charge in [0.05, 0.1) is 0 Å². The van der Waals surface area contributed by atoms with Gasteiger partial charge < -0.3 is 5.43 Å². The summed E-state index contributed by atoms with van der Waals surface area (Å²) in [5, 5.41) is 0. The molecule has 0 saturated carbocycles. The van der Waals surface area contributed by atoms with Gasteiger partial charge in [-0.15, -0.1) is 0 Å². The van der Waals surface area contributed by atoms with Crippen LogP contribution in [-0.2, 0) is 10.0 Å².